The summed E-state index contributed by atoms with van der Waals surface area (Å²) in [6, 6.07) is 0.287. The van der Waals surface area contributed by atoms with Crippen molar-refractivity contribution in [2.45, 2.75) is 38.6 Å². The lowest BCUT2D eigenvalue weighted by atomic mass is 9.79. The van der Waals surface area contributed by atoms with E-state index in [1.54, 1.807) is 0 Å². The number of nitrogens with one attached hydrogen (secondary N) is 1. The summed E-state index contributed by atoms with van der Waals surface area (Å²) in [4.78, 5) is 10.8. The van der Waals surface area contributed by atoms with Crippen molar-refractivity contribution >= 4 is 6.09 Å². The molecular weight excluding hydrogens is 166 g/mol. The molecular formula is C10H17NO2. The van der Waals surface area contributed by atoms with Crippen LogP contribution in [0.4, 0.5) is 4.79 Å². The highest BCUT2D eigenvalue weighted by Crippen LogP contribution is 2.31. The van der Waals surface area contributed by atoms with Crippen LogP contribution < -0.4 is 5.32 Å². The van der Waals surface area contributed by atoms with E-state index in [4.69, 9.17) is 4.74 Å². The summed E-state index contributed by atoms with van der Waals surface area (Å²) in [7, 11) is 0. The second-order valence-corrected chi connectivity index (χ2v) is 4.38. The van der Waals surface area contributed by atoms with Crippen molar-refractivity contribution in [3.8, 4) is 0 Å². The van der Waals surface area contributed by atoms with Crippen molar-refractivity contribution in [3.63, 3.8) is 0 Å². The van der Waals surface area contributed by atoms with Crippen LogP contribution in [-0.2, 0) is 4.74 Å². The minimum absolute atomic E-state index is 0.233. The van der Waals surface area contributed by atoms with Crippen LogP contribution in [-0.4, -0.2) is 18.7 Å². The van der Waals surface area contributed by atoms with E-state index in [9.17, 15) is 4.79 Å². The zero-order valence-electron chi connectivity index (χ0n) is 8.08. The molecule has 2 rings (SSSR count). The van der Waals surface area contributed by atoms with E-state index in [-0.39, 0.29) is 12.1 Å². The standard InChI is InChI=1S/C10H17NO2/c1-7-3-2-4-8(5-7)9-6-13-10(12)11-9/h7-9H,2-6H2,1H3,(H,11,12). The van der Waals surface area contributed by atoms with Gasteiger partial charge in [0.1, 0.15) is 6.61 Å². The highest BCUT2D eigenvalue weighted by Gasteiger charge is 2.32. The van der Waals surface area contributed by atoms with E-state index in [1.165, 1.54) is 25.7 Å². The molecule has 2 aliphatic rings. The first-order valence-electron chi connectivity index (χ1n) is 5.19. The number of alkyl carbamates (subject to hydrolysis) is 1. The number of hydrogen-bond acceptors (Lipinski definition) is 2. The van der Waals surface area contributed by atoms with Gasteiger partial charge in [0, 0.05) is 0 Å². The van der Waals surface area contributed by atoms with Gasteiger partial charge in [0.25, 0.3) is 0 Å². The Kier molecular flexibility index (Phi) is 2.42. The van der Waals surface area contributed by atoms with Gasteiger partial charge in [-0.3, -0.25) is 0 Å². The molecule has 0 aromatic rings. The number of carbonyl (C=O) groups excluding carboxylic acids is 1. The first-order chi connectivity index (χ1) is 6.25. The van der Waals surface area contributed by atoms with Gasteiger partial charge in [0.2, 0.25) is 0 Å². The van der Waals surface area contributed by atoms with Crippen molar-refractivity contribution in [3.05, 3.63) is 0 Å². The van der Waals surface area contributed by atoms with Crippen LogP contribution in [0.5, 0.6) is 0 Å². The molecule has 3 unspecified atom stereocenters. The average molecular weight is 183 g/mol. The highest BCUT2D eigenvalue weighted by molar-refractivity contribution is 5.69. The molecule has 1 aliphatic heterocycles. The van der Waals surface area contributed by atoms with E-state index in [2.05, 4.69) is 12.2 Å². The van der Waals surface area contributed by atoms with Gasteiger partial charge in [-0.2, -0.15) is 0 Å². The zero-order chi connectivity index (χ0) is 9.26. The van der Waals surface area contributed by atoms with Gasteiger partial charge in [0.15, 0.2) is 0 Å². The minimum atomic E-state index is -0.233. The molecule has 1 saturated carbocycles. The van der Waals surface area contributed by atoms with Gasteiger partial charge in [-0.25, -0.2) is 4.79 Å². The second-order valence-electron chi connectivity index (χ2n) is 4.38. The van der Waals surface area contributed by atoms with Gasteiger partial charge < -0.3 is 10.1 Å². The molecule has 3 heteroatoms. The summed E-state index contributed by atoms with van der Waals surface area (Å²) in [5.41, 5.74) is 0. The largest absolute Gasteiger partial charge is 0.447 e. The molecule has 1 aliphatic carbocycles. The smallest absolute Gasteiger partial charge is 0.407 e. The molecule has 3 atom stereocenters. The Morgan fingerprint density at radius 2 is 2.31 bits per heavy atom. The predicted molar refractivity (Wildman–Crippen MR) is 49.4 cm³/mol. The van der Waals surface area contributed by atoms with Gasteiger partial charge >= 0.3 is 6.09 Å². The molecule has 1 N–H and O–H groups in total. The number of hydrogen-bond donors (Lipinski definition) is 1. The van der Waals surface area contributed by atoms with Crippen molar-refractivity contribution < 1.29 is 9.53 Å². The molecule has 0 radical (unpaired) electrons. The van der Waals surface area contributed by atoms with E-state index in [0.29, 0.717) is 12.5 Å². The lowest BCUT2D eigenvalue weighted by Crippen LogP contribution is -2.36. The fourth-order valence-electron chi connectivity index (χ4n) is 2.50. The summed E-state index contributed by atoms with van der Waals surface area (Å²) in [6.45, 7) is 2.88. The average Bonchev–Trinajstić information content (AvgIpc) is 2.52. The number of rotatable bonds is 1. The Bertz CT molecular complexity index is 205. The molecule has 0 aromatic heterocycles. The molecule has 3 nitrogen and oxygen atoms in total. The van der Waals surface area contributed by atoms with Crippen molar-refractivity contribution in [1.29, 1.82) is 0 Å². The lowest BCUT2D eigenvalue weighted by Gasteiger charge is -2.29. The van der Waals surface area contributed by atoms with Crippen LogP contribution in [0.15, 0.2) is 0 Å². The van der Waals surface area contributed by atoms with Crippen LogP contribution in [0, 0.1) is 11.8 Å². The lowest BCUT2D eigenvalue weighted by molar-refractivity contribution is 0.170. The van der Waals surface area contributed by atoms with Gasteiger partial charge in [-0.15, -0.1) is 0 Å². The summed E-state index contributed by atoms with van der Waals surface area (Å²) >= 11 is 0. The third-order valence-electron chi connectivity index (χ3n) is 3.24. The number of amides is 1. The predicted octanol–water partition coefficient (Wildman–Crippen LogP) is 1.92. The molecule has 1 heterocycles. The SMILES string of the molecule is CC1CCCC(C2COC(=O)N2)C1. The van der Waals surface area contributed by atoms with E-state index in [1.807, 2.05) is 0 Å². The normalized spacial score (nSPS) is 39.8. The minimum Gasteiger partial charge on any atom is -0.447 e. The maximum Gasteiger partial charge on any atom is 0.407 e. The third kappa shape index (κ3) is 1.95. The van der Waals surface area contributed by atoms with E-state index in [0.717, 1.165) is 5.92 Å². The Hall–Kier alpha value is -0.730. The zero-order valence-corrected chi connectivity index (χ0v) is 8.08. The number of cyclic esters (lactones) is 1. The van der Waals surface area contributed by atoms with Crippen LogP contribution in [0.3, 0.4) is 0 Å². The monoisotopic (exact) mass is 183 g/mol. The molecule has 0 bridgehead atoms. The van der Waals surface area contributed by atoms with Crippen LogP contribution in [0.2, 0.25) is 0 Å². The molecule has 13 heavy (non-hydrogen) atoms. The second kappa shape index (κ2) is 3.56. The quantitative estimate of drug-likeness (QED) is 0.674. The summed E-state index contributed by atoms with van der Waals surface area (Å²) in [5, 5.41) is 2.88. The Balaban J connectivity index is 1.89. The third-order valence-corrected chi connectivity index (χ3v) is 3.24. The fourth-order valence-corrected chi connectivity index (χ4v) is 2.50. The van der Waals surface area contributed by atoms with Crippen LogP contribution >= 0.6 is 0 Å². The van der Waals surface area contributed by atoms with Gasteiger partial charge in [-0.05, 0) is 24.7 Å². The number of ether oxygens (including phenoxy) is 1. The van der Waals surface area contributed by atoms with Gasteiger partial charge in [0.05, 0.1) is 6.04 Å². The maximum atomic E-state index is 10.8. The van der Waals surface area contributed by atoms with Crippen molar-refractivity contribution in [1.82, 2.24) is 5.32 Å². The fraction of sp³-hybridized carbons (Fsp3) is 0.900. The molecule has 0 aromatic carbocycles. The molecule has 1 amide bonds. The van der Waals surface area contributed by atoms with Crippen molar-refractivity contribution in [2.75, 3.05) is 6.61 Å². The number of carbonyl (C=O) groups is 1. The summed E-state index contributed by atoms with van der Waals surface area (Å²) in [6.07, 6.45) is 4.91. The Morgan fingerprint density at radius 1 is 1.46 bits per heavy atom. The van der Waals surface area contributed by atoms with Gasteiger partial charge in [-0.1, -0.05) is 19.8 Å². The molecule has 74 valence electrons. The first kappa shape index (κ1) is 8.85. The summed E-state index contributed by atoms with van der Waals surface area (Å²) in [5.74, 6) is 1.46. The first-order valence-corrected chi connectivity index (χ1v) is 5.19. The van der Waals surface area contributed by atoms with Crippen molar-refractivity contribution in [2.24, 2.45) is 11.8 Å². The topological polar surface area (TPSA) is 38.3 Å². The summed E-state index contributed by atoms with van der Waals surface area (Å²) < 4.78 is 4.90. The maximum absolute atomic E-state index is 10.8. The Labute approximate surface area is 78.8 Å². The Morgan fingerprint density at radius 3 is 2.92 bits per heavy atom. The molecule has 0 spiro atoms. The molecule has 2 fully saturated rings. The highest BCUT2D eigenvalue weighted by atomic mass is 16.6. The molecule has 1 saturated heterocycles. The van der Waals surface area contributed by atoms with Crippen LogP contribution in [0.25, 0.3) is 0 Å². The van der Waals surface area contributed by atoms with E-state index >= 15 is 0 Å². The van der Waals surface area contributed by atoms with Crippen LogP contribution in [0.1, 0.15) is 32.6 Å². The van der Waals surface area contributed by atoms with E-state index < -0.39 is 0 Å².